The SMILES string of the molecule is COCCOCC(=O)NCCNC(C)C. The van der Waals surface area contributed by atoms with Crippen molar-refractivity contribution in [2.75, 3.05) is 40.0 Å². The molecule has 0 bridgehead atoms. The molecule has 5 nitrogen and oxygen atoms in total. The number of ether oxygens (including phenoxy) is 2. The zero-order valence-corrected chi connectivity index (χ0v) is 9.84. The lowest BCUT2D eigenvalue weighted by Gasteiger charge is -2.09. The van der Waals surface area contributed by atoms with Crippen LogP contribution in [-0.2, 0) is 14.3 Å². The van der Waals surface area contributed by atoms with Crippen molar-refractivity contribution in [1.82, 2.24) is 10.6 Å². The maximum Gasteiger partial charge on any atom is 0.246 e. The third-order valence-electron chi connectivity index (χ3n) is 1.66. The standard InChI is InChI=1S/C10H22N2O3/c1-9(2)11-4-5-12-10(13)8-15-7-6-14-3/h9,11H,4-8H2,1-3H3,(H,12,13). The first-order chi connectivity index (χ1) is 7.16. The summed E-state index contributed by atoms with van der Waals surface area (Å²) in [6, 6.07) is 0.444. The van der Waals surface area contributed by atoms with E-state index in [1.165, 1.54) is 0 Å². The van der Waals surface area contributed by atoms with Crippen molar-refractivity contribution in [1.29, 1.82) is 0 Å². The highest BCUT2D eigenvalue weighted by Crippen LogP contribution is 1.77. The highest BCUT2D eigenvalue weighted by atomic mass is 16.5. The van der Waals surface area contributed by atoms with Gasteiger partial charge in [-0.1, -0.05) is 13.8 Å². The summed E-state index contributed by atoms with van der Waals surface area (Å²) in [5.41, 5.74) is 0. The molecule has 0 aliphatic carbocycles. The van der Waals surface area contributed by atoms with E-state index in [0.717, 1.165) is 6.54 Å². The van der Waals surface area contributed by atoms with Crippen LogP contribution in [0.3, 0.4) is 0 Å². The molecule has 1 amide bonds. The summed E-state index contributed by atoms with van der Waals surface area (Å²) in [5.74, 6) is -0.0864. The number of nitrogens with one attached hydrogen (secondary N) is 2. The second-order valence-electron chi connectivity index (χ2n) is 3.50. The Morgan fingerprint density at radius 2 is 2.00 bits per heavy atom. The lowest BCUT2D eigenvalue weighted by Crippen LogP contribution is -2.36. The summed E-state index contributed by atoms with van der Waals surface area (Å²) in [6.07, 6.45) is 0. The predicted molar refractivity (Wildman–Crippen MR) is 58.8 cm³/mol. The lowest BCUT2D eigenvalue weighted by atomic mass is 10.4. The third kappa shape index (κ3) is 11.3. The fourth-order valence-corrected chi connectivity index (χ4v) is 0.921. The van der Waals surface area contributed by atoms with Gasteiger partial charge in [0.25, 0.3) is 0 Å². The Kier molecular flexibility index (Phi) is 9.46. The maximum absolute atomic E-state index is 11.1. The summed E-state index contributed by atoms with van der Waals surface area (Å²) >= 11 is 0. The number of hydrogen-bond acceptors (Lipinski definition) is 4. The molecule has 0 aromatic rings. The number of carbonyl (C=O) groups excluding carboxylic acids is 1. The third-order valence-corrected chi connectivity index (χ3v) is 1.66. The van der Waals surface area contributed by atoms with Gasteiger partial charge in [-0.2, -0.15) is 0 Å². The van der Waals surface area contributed by atoms with E-state index in [2.05, 4.69) is 24.5 Å². The van der Waals surface area contributed by atoms with E-state index < -0.39 is 0 Å². The zero-order chi connectivity index (χ0) is 11.5. The first-order valence-corrected chi connectivity index (χ1v) is 5.23. The Labute approximate surface area is 91.5 Å². The Balaban J connectivity index is 3.19. The van der Waals surface area contributed by atoms with Crippen molar-refractivity contribution in [3.8, 4) is 0 Å². The molecule has 2 N–H and O–H groups in total. The van der Waals surface area contributed by atoms with Crippen LogP contribution < -0.4 is 10.6 Å². The van der Waals surface area contributed by atoms with E-state index in [-0.39, 0.29) is 12.5 Å². The van der Waals surface area contributed by atoms with E-state index in [1.54, 1.807) is 7.11 Å². The van der Waals surface area contributed by atoms with Crippen LogP contribution in [0.15, 0.2) is 0 Å². The van der Waals surface area contributed by atoms with Crippen molar-refractivity contribution in [3.63, 3.8) is 0 Å². The van der Waals surface area contributed by atoms with Crippen LogP contribution in [0, 0.1) is 0 Å². The predicted octanol–water partition coefficient (Wildman–Crippen LogP) is -0.236. The molecule has 0 fully saturated rings. The number of hydrogen-bond donors (Lipinski definition) is 2. The summed E-state index contributed by atoms with van der Waals surface area (Å²) in [6.45, 7) is 6.61. The van der Waals surface area contributed by atoms with Gasteiger partial charge >= 0.3 is 0 Å². The lowest BCUT2D eigenvalue weighted by molar-refractivity contribution is -0.126. The molecule has 0 atom stereocenters. The molecule has 0 aliphatic rings. The molecule has 0 spiro atoms. The van der Waals surface area contributed by atoms with Crippen LogP contribution in [0.4, 0.5) is 0 Å². The zero-order valence-electron chi connectivity index (χ0n) is 9.84. The molecule has 5 heteroatoms. The van der Waals surface area contributed by atoms with Gasteiger partial charge in [0.2, 0.25) is 5.91 Å². The van der Waals surface area contributed by atoms with E-state index in [1.807, 2.05) is 0 Å². The molecule has 0 radical (unpaired) electrons. The van der Waals surface area contributed by atoms with Gasteiger partial charge in [0.1, 0.15) is 6.61 Å². The van der Waals surface area contributed by atoms with Crippen LogP contribution in [0.2, 0.25) is 0 Å². The number of methoxy groups -OCH3 is 1. The average molecular weight is 218 g/mol. The van der Waals surface area contributed by atoms with Crippen molar-refractivity contribution in [2.45, 2.75) is 19.9 Å². The maximum atomic E-state index is 11.1. The highest BCUT2D eigenvalue weighted by Gasteiger charge is 2.00. The van der Waals surface area contributed by atoms with Gasteiger partial charge in [-0.05, 0) is 0 Å². The fourth-order valence-electron chi connectivity index (χ4n) is 0.921. The van der Waals surface area contributed by atoms with Crippen LogP contribution in [-0.4, -0.2) is 52.0 Å². The largest absolute Gasteiger partial charge is 0.382 e. The second-order valence-corrected chi connectivity index (χ2v) is 3.50. The molecule has 0 saturated carbocycles. The van der Waals surface area contributed by atoms with Gasteiger partial charge in [-0.3, -0.25) is 4.79 Å². The number of carbonyl (C=O) groups is 1. The van der Waals surface area contributed by atoms with Gasteiger partial charge in [0.05, 0.1) is 13.2 Å². The number of rotatable bonds is 9. The highest BCUT2D eigenvalue weighted by molar-refractivity contribution is 5.77. The minimum Gasteiger partial charge on any atom is -0.382 e. The van der Waals surface area contributed by atoms with Gasteiger partial charge in [-0.15, -0.1) is 0 Å². The number of amides is 1. The van der Waals surface area contributed by atoms with Gasteiger partial charge in [-0.25, -0.2) is 0 Å². The molecule has 0 aliphatic heterocycles. The molecule has 0 saturated heterocycles. The van der Waals surface area contributed by atoms with Crippen molar-refractivity contribution in [2.24, 2.45) is 0 Å². The van der Waals surface area contributed by atoms with Crippen LogP contribution in [0.5, 0.6) is 0 Å². The Morgan fingerprint density at radius 1 is 1.27 bits per heavy atom. The molecule has 90 valence electrons. The Bertz CT molecular complexity index is 163. The fraction of sp³-hybridized carbons (Fsp3) is 0.900. The molecular formula is C10H22N2O3. The smallest absolute Gasteiger partial charge is 0.246 e. The topological polar surface area (TPSA) is 59.6 Å². The van der Waals surface area contributed by atoms with Crippen LogP contribution in [0.1, 0.15) is 13.8 Å². The summed E-state index contributed by atoms with van der Waals surface area (Å²) in [4.78, 5) is 11.1. The van der Waals surface area contributed by atoms with Gasteiger partial charge in [0.15, 0.2) is 0 Å². The van der Waals surface area contributed by atoms with E-state index in [4.69, 9.17) is 9.47 Å². The molecule has 0 rings (SSSR count). The Morgan fingerprint density at radius 3 is 2.60 bits per heavy atom. The molecule has 0 heterocycles. The van der Waals surface area contributed by atoms with Crippen LogP contribution >= 0.6 is 0 Å². The quantitative estimate of drug-likeness (QED) is 0.525. The monoisotopic (exact) mass is 218 g/mol. The Hall–Kier alpha value is -0.650. The summed E-state index contributed by atoms with van der Waals surface area (Å²) < 4.78 is 9.84. The second kappa shape index (κ2) is 9.89. The summed E-state index contributed by atoms with van der Waals surface area (Å²) in [5, 5.41) is 5.95. The van der Waals surface area contributed by atoms with Crippen molar-refractivity contribution in [3.05, 3.63) is 0 Å². The summed E-state index contributed by atoms with van der Waals surface area (Å²) in [7, 11) is 1.60. The minimum absolute atomic E-state index is 0.0864. The molecule has 15 heavy (non-hydrogen) atoms. The van der Waals surface area contributed by atoms with Gasteiger partial charge in [0, 0.05) is 26.2 Å². The van der Waals surface area contributed by atoms with Crippen molar-refractivity contribution < 1.29 is 14.3 Å². The molecule has 0 aromatic carbocycles. The molecule has 0 unspecified atom stereocenters. The minimum atomic E-state index is -0.0864. The van der Waals surface area contributed by atoms with E-state index in [0.29, 0.717) is 25.8 Å². The molecular weight excluding hydrogens is 196 g/mol. The molecule has 0 aromatic heterocycles. The van der Waals surface area contributed by atoms with E-state index in [9.17, 15) is 4.79 Å². The van der Waals surface area contributed by atoms with E-state index >= 15 is 0 Å². The normalized spacial score (nSPS) is 10.7. The first kappa shape index (κ1) is 14.3. The van der Waals surface area contributed by atoms with Crippen LogP contribution in [0.25, 0.3) is 0 Å². The average Bonchev–Trinajstić information content (AvgIpc) is 2.19. The van der Waals surface area contributed by atoms with Crippen molar-refractivity contribution >= 4 is 5.91 Å². The van der Waals surface area contributed by atoms with Gasteiger partial charge < -0.3 is 20.1 Å². The first-order valence-electron chi connectivity index (χ1n) is 5.23.